The van der Waals surface area contributed by atoms with Crippen LogP contribution in [0.15, 0.2) is 29.3 Å². The number of benzene rings is 1. The molecule has 1 aromatic rings. The summed E-state index contributed by atoms with van der Waals surface area (Å²) in [6.45, 7) is 1.41. The number of halogens is 3. The maximum atomic E-state index is 12.5. The van der Waals surface area contributed by atoms with E-state index >= 15 is 0 Å². The second kappa shape index (κ2) is 8.03. The van der Waals surface area contributed by atoms with Gasteiger partial charge in [-0.15, -0.1) is 0 Å². The molecule has 1 fully saturated rings. The van der Waals surface area contributed by atoms with Gasteiger partial charge in [-0.25, -0.2) is 0 Å². The molecule has 0 radical (unpaired) electrons. The third-order valence-corrected chi connectivity index (χ3v) is 3.94. The van der Waals surface area contributed by atoms with E-state index in [1.807, 2.05) is 0 Å². The normalized spacial score (nSPS) is 15.7. The number of alkyl halides is 3. The largest absolute Gasteiger partial charge is 0.416 e. The lowest BCUT2D eigenvalue weighted by Gasteiger charge is -2.23. The van der Waals surface area contributed by atoms with Crippen molar-refractivity contribution in [3.05, 3.63) is 35.4 Å². The van der Waals surface area contributed by atoms with Crippen LogP contribution >= 0.6 is 0 Å². The highest BCUT2D eigenvalue weighted by molar-refractivity contribution is 5.94. The molecule has 0 saturated heterocycles. The highest BCUT2D eigenvalue weighted by Crippen LogP contribution is 2.29. The summed E-state index contributed by atoms with van der Waals surface area (Å²) >= 11 is 0. The van der Waals surface area contributed by atoms with E-state index in [1.54, 1.807) is 0 Å². The number of hydrogen-bond donors (Lipinski definition) is 3. The molecule has 1 aliphatic carbocycles. The first kappa shape index (κ1) is 18.1. The Morgan fingerprint density at radius 2 is 1.79 bits per heavy atom. The van der Waals surface area contributed by atoms with Crippen molar-refractivity contribution in [1.29, 1.82) is 0 Å². The van der Waals surface area contributed by atoms with Crippen LogP contribution in [0.2, 0.25) is 0 Å². The average molecular weight is 342 g/mol. The van der Waals surface area contributed by atoms with Crippen molar-refractivity contribution in [2.45, 2.75) is 25.4 Å². The molecule has 1 aromatic carbocycles. The number of amides is 1. The smallest absolute Gasteiger partial charge is 0.370 e. The van der Waals surface area contributed by atoms with E-state index in [1.165, 1.54) is 19.3 Å². The number of rotatable bonds is 6. The Morgan fingerprint density at radius 1 is 1.17 bits per heavy atom. The Hall–Kier alpha value is -2.25. The first-order chi connectivity index (χ1) is 11.4. The van der Waals surface area contributed by atoms with E-state index in [-0.39, 0.29) is 5.56 Å². The van der Waals surface area contributed by atoms with Gasteiger partial charge in [0.15, 0.2) is 5.96 Å². The SMILES string of the molecule is NC(=NCC1CCC1)NCCNC(=O)c1ccc(C(F)(F)F)cc1. The third-order valence-electron chi connectivity index (χ3n) is 3.94. The number of hydrogen-bond acceptors (Lipinski definition) is 2. The fraction of sp³-hybridized carbons (Fsp3) is 0.500. The molecule has 1 aliphatic rings. The summed E-state index contributed by atoms with van der Waals surface area (Å²) in [6.07, 6.45) is -0.765. The predicted molar refractivity (Wildman–Crippen MR) is 85.6 cm³/mol. The van der Waals surface area contributed by atoms with E-state index in [0.717, 1.165) is 30.8 Å². The number of carbonyl (C=O) groups is 1. The Kier molecular flexibility index (Phi) is 6.05. The zero-order chi connectivity index (χ0) is 17.6. The van der Waals surface area contributed by atoms with Gasteiger partial charge in [0.1, 0.15) is 0 Å². The van der Waals surface area contributed by atoms with Gasteiger partial charge in [0.25, 0.3) is 5.91 Å². The molecule has 0 bridgehead atoms. The van der Waals surface area contributed by atoms with Gasteiger partial charge in [-0.2, -0.15) is 13.2 Å². The summed E-state index contributed by atoms with van der Waals surface area (Å²) < 4.78 is 37.4. The summed E-state index contributed by atoms with van der Waals surface area (Å²) in [5, 5.41) is 5.49. The lowest BCUT2D eigenvalue weighted by Crippen LogP contribution is -2.38. The van der Waals surface area contributed by atoms with Gasteiger partial charge in [-0.1, -0.05) is 6.42 Å². The minimum absolute atomic E-state index is 0.176. The average Bonchev–Trinajstić information content (AvgIpc) is 2.49. The summed E-state index contributed by atoms with van der Waals surface area (Å²) in [4.78, 5) is 16.0. The summed E-state index contributed by atoms with van der Waals surface area (Å²) in [5.74, 6) is 0.533. The van der Waals surface area contributed by atoms with Crippen molar-refractivity contribution in [2.75, 3.05) is 19.6 Å². The highest BCUT2D eigenvalue weighted by Gasteiger charge is 2.30. The molecule has 0 heterocycles. The molecule has 1 amide bonds. The van der Waals surface area contributed by atoms with Crippen molar-refractivity contribution in [2.24, 2.45) is 16.6 Å². The van der Waals surface area contributed by atoms with Crippen molar-refractivity contribution < 1.29 is 18.0 Å². The number of nitrogens with zero attached hydrogens (tertiary/aromatic N) is 1. The van der Waals surface area contributed by atoms with Gasteiger partial charge >= 0.3 is 6.18 Å². The molecule has 24 heavy (non-hydrogen) atoms. The Labute approximate surface area is 138 Å². The maximum absolute atomic E-state index is 12.5. The number of guanidine groups is 1. The van der Waals surface area contributed by atoms with Crippen molar-refractivity contribution in [1.82, 2.24) is 10.6 Å². The minimum Gasteiger partial charge on any atom is -0.370 e. The number of aliphatic imine (C=N–C) groups is 1. The van der Waals surface area contributed by atoms with Crippen LogP contribution in [0.25, 0.3) is 0 Å². The second-order valence-electron chi connectivity index (χ2n) is 5.78. The van der Waals surface area contributed by atoms with Crippen LogP contribution in [0.1, 0.15) is 35.2 Å². The molecule has 0 aliphatic heterocycles. The predicted octanol–water partition coefficient (Wildman–Crippen LogP) is 2.14. The number of nitrogens with two attached hydrogens (primary N) is 1. The topological polar surface area (TPSA) is 79.5 Å². The molecule has 2 rings (SSSR count). The Morgan fingerprint density at radius 3 is 2.33 bits per heavy atom. The highest BCUT2D eigenvalue weighted by atomic mass is 19.4. The van der Waals surface area contributed by atoms with Crippen molar-refractivity contribution in [3.63, 3.8) is 0 Å². The van der Waals surface area contributed by atoms with E-state index < -0.39 is 17.6 Å². The molecular formula is C16H21F3N4O. The van der Waals surface area contributed by atoms with Gasteiger partial charge in [-0.05, 0) is 43.0 Å². The fourth-order valence-corrected chi connectivity index (χ4v) is 2.24. The summed E-state index contributed by atoms with van der Waals surface area (Å²) in [6, 6.07) is 4.08. The van der Waals surface area contributed by atoms with Crippen LogP contribution in [0.5, 0.6) is 0 Å². The zero-order valence-electron chi connectivity index (χ0n) is 13.2. The number of carbonyl (C=O) groups excluding carboxylic acids is 1. The molecule has 0 aromatic heterocycles. The van der Waals surface area contributed by atoms with Crippen molar-refractivity contribution in [3.8, 4) is 0 Å². The Balaban J connectivity index is 1.69. The van der Waals surface area contributed by atoms with Crippen LogP contribution in [0.4, 0.5) is 13.2 Å². The van der Waals surface area contributed by atoms with Gasteiger partial charge < -0.3 is 16.4 Å². The first-order valence-electron chi connectivity index (χ1n) is 7.85. The third kappa shape index (κ3) is 5.43. The van der Waals surface area contributed by atoms with Crippen molar-refractivity contribution >= 4 is 11.9 Å². The molecule has 0 unspecified atom stereocenters. The van der Waals surface area contributed by atoms with E-state index in [4.69, 9.17) is 5.73 Å². The second-order valence-corrected chi connectivity index (χ2v) is 5.78. The lowest BCUT2D eigenvalue weighted by atomic mass is 9.86. The van der Waals surface area contributed by atoms with E-state index in [9.17, 15) is 18.0 Å². The van der Waals surface area contributed by atoms with Gasteiger partial charge in [0.05, 0.1) is 5.56 Å². The van der Waals surface area contributed by atoms with E-state index in [2.05, 4.69) is 15.6 Å². The monoisotopic (exact) mass is 342 g/mol. The summed E-state index contributed by atoms with van der Waals surface area (Å²) in [5.41, 5.74) is 5.10. The van der Waals surface area contributed by atoms with Crippen LogP contribution < -0.4 is 16.4 Å². The molecule has 0 atom stereocenters. The fourth-order valence-electron chi connectivity index (χ4n) is 2.24. The Bertz CT molecular complexity index is 580. The van der Waals surface area contributed by atoms with Crippen LogP contribution in [0, 0.1) is 5.92 Å². The van der Waals surface area contributed by atoms with Gasteiger partial charge in [0.2, 0.25) is 0 Å². The maximum Gasteiger partial charge on any atom is 0.416 e. The van der Waals surface area contributed by atoms with Gasteiger partial charge in [0, 0.05) is 25.2 Å². The quantitative estimate of drug-likeness (QED) is 0.421. The molecule has 132 valence electrons. The summed E-state index contributed by atoms with van der Waals surface area (Å²) in [7, 11) is 0. The van der Waals surface area contributed by atoms with Crippen LogP contribution in [-0.2, 0) is 6.18 Å². The van der Waals surface area contributed by atoms with Crippen LogP contribution in [0.3, 0.4) is 0 Å². The first-order valence-corrected chi connectivity index (χ1v) is 7.85. The standard InChI is InChI=1S/C16H21F3N4O/c17-16(18,19)13-6-4-12(5-7-13)14(24)21-8-9-22-15(20)23-10-11-2-1-3-11/h4-7,11H,1-3,8-10H2,(H,21,24)(H3,20,22,23). The van der Waals surface area contributed by atoms with Gasteiger partial charge in [-0.3, -0.25) is 9.79 Å². The minimum atomic E-state index is -4.41. The molecule has 8 heteroatoms. The zero-order valence-corrected chi connectivity index (χ0v) is 13.2. The molecular weight excluding hydrogens is 321 g/mol. The molecule has 5 nitrogen and oxygen atoms in total. The molecule has 1 saturated carbocycles. The molecule has 0 spiro atoms. The van der Waals surface area contributed by atoms with Crippen LogP contribution in [-0.4, -0.2) is 31.5 Å². The number of nitrogens with one attached hydrogen (secondary N) is 2. The van der Waals surface area contributed by atoms with E-state index in [0.29, 0.717) is 25.0 Å². The molecule has 4 N–H and O–H groups in total. The lowest BCUT2D eigenvalue weighted by molar-refractivity contribution is -0.137.